The zero-order valence-electron chi connectivity index (χ0n) is 27.5. The van der Waals surface area contributed by atoms with E-state index in [4.69, 9.17) is 4.74 Å². The van der Waals surface area contributed by atoms with Crippen LogP contribution < -0.4 is 15.4 Å². The Morgan fingerprint density at radius 3 is 1.88 bits per heavy atom. The minimum absolute atomic E-state index is 0.0190. The van der Waals surface area contributed by atoms with Crippen LogP contribution in [0.15, 0.2) is 168 Å². The number of nitrogens with one attached hydrogen (secondary N) is 2. The van der Waals surface area contributed by atoms with Gasteiger partial charge in [-0.15, -0.1) is 11.8 Å². The van der Waals surface area contributed by atoms with Crippen molar-refractivity contribution in [2.24, 2.45) is 0 Å². The van der Waals surface area contributed by atoms with Crippen molar-refractivity contribution in [3.63, 3.8) is 0 Å². The lowest BCUT2D eigenvalue weighted by atomic mass is 10.1. The summed E-state index contributed by atoms with van der Waals surface area (Å²) in [7, 11) is 0. The van der Waals surface area contributed by atoms with Crippen molar-refractivity contribution in [1.29, 1.82) is 0 Å². The summed E-state index contributed by atoms with van der Waals surface area (Å²) in [5, 5.41) is 7.77. The van der Waals surface area contributed by atoms with Crippen LogP contribution in [0.5, 0.6) is 5.75 Å². The Morgan fingerprint density at radius 1 is 0.647 bits per heavy atom. The van der Waals surface area contributed by atoms with Gasteiger partial charge in [-0.25, -0.2) is 0 Å². The van der Waals surface area contributed by atoms with Crippen molar-refractivity contribution in [2.45, 2.75) is 11.5 Å². The van der Waals surface area contributed by atoms with E-state index in [9.17, 15) is 14.4 Å². The molecule has 0 aliphatic heterocycles. The number of thioether (sulfide) groups is 1. The van der Waals surface area contributed by atoms with Gasteiger partial charge in [-0.1, -0.05) is 97.1 Å². The molecular formula is C43H33N3O4S. The van der Waals surface area contributed by atoms with Gasteiger partial charge >= 0.3 is 0 Å². The molecule has 0 aliphatic carbocycles. The van der Waals surface area contributed by atoms with Crippen LogP contribution in [0.1, 0.15) is 26.3 Å². The van der Waals surface area contributed by atoms with Gasteiger partial charge in [0.1, 0.15) is 18.1 Å². The average molecular weight is 688 g/mol. The standard InChI is InChI=1S/C43H33N3O4S/c47-41(46-39-17-9-7-15-36(39)37-16-8-10-18-40(37)46)29-51-35-25-21-33(22-26-35)44-43(49)38(45-42(48)32-13-5-2-6-14-32)27-30-19-23-34(24-20-30)50-28-31-11-3-1-4-12-31/h1-27H,28-29H2,(H,44,49)(H,45,48)/b38-27-. The second-order valence-electron chi connectivity index (χ2n) is 11.8. The lowest BCUT2D eigenvalue weighted by Gasteiger charge is -2.12. The number of fused-ring (bicyclic) bond motifs is 3. The van der Waals surface area contributed by atoms with Crippen molar-refractivity contribution in [1.82, 2.24) is 9.88 Å². The zero-order valence-corrected chi connectivity index (χ0v) is 28.3. The molecule has 0 unspecified atom stereocenters. The molecule has 51 heavy (non-hydrogen) atoms. The van der Waals surface area contributed by atoms with Gasteiger partial charge < -0.3 is 15.4 Å². The molecule has 1 aromatic heterocycles. The number of rotatable bonds is 11. The van der Waals surface area contributed by atoms with E-state index < -0.39 is 11.8 Å². The number of benzene rings is 6. The zero-order chi connectivity index (χ0) is 35.0. The monoisotopic (exact) mass is 687 g/mol. The molecule has 8 heteroatoms. The molecule has 0 radical (unpaired) electrons. The molecule has 7 aromatic rings. The predicted octanol–water partition coefficient (Wildman–Crippen LogP) is 9.22. The van der Waals surface area contributed by atoms with Crippen molar-refractivity contribution in [3.05, 3.63) is 180 Å². The molecule has 0 atom stereocenters. The first-order valence-electron chi connectivity index (χ1n) is 16.4. The topological polar surface area (TPSA) is 89.4 Å². The van der Waals surface area contributed by atoms with Crippen LogP contribution in [0.4, 0.5) is 5.69 Å². The number of aromatic nitrogens is 1. The predicted molar refractivity (Wildman–Crippen MR) is 205 cm³/mol. The molecule has 0 bridgehead atoms. The van der Waals surface area contributed by atoms with Crippen molar-refractivity contribution >= 4 is 63.1 Å². The average Bonchev–Trinajstić information content (AvgIpc) is 3.52. The molecule has 0 spiro atoms. The third-order valence-corrected chi connectivity index (χ3v) is 9.27. The highest BCUT2D eigenvalue weighted by Gasteiger charge is 2.17. The van der Waals surface area contributed by atoms with Crippen LogP contribution in [0.2, 0.25) is 0 Å². The Morgan fingerprint density at radius 2 is 1.24 bits per heavy atom. The van der Waals surface area contributed by atoms with Crippen LogP contribution in [0.25, 0.3) is 27.9 Å². The minimum atomic E-state index is -0.481. The van der Waals surface area contributed by atoms with Gasteiger partial charge in [-0.3, -0.25) is 19.0 Å². The Hall–Kier alpha value is -6.38. The van der Waals surface area contributed by atoms with E-state index in [1.165, 1.54) is 11.8 Å². The summed E-state index contributed by atoms with van der Waals surface area (Å²) in [6.07, 6.45) is 1.63. The molecule has 2 amide bonds. The maximum Gasteiger partial charge on any atom is 0.272 e. The van der Waals surface area contributed by atoms with Crippen molar-refractivity contribution < 1.29 is 19.1 Å². The Bertz CT molecular complexity index is 2300. The molecule has 0 fully saturated rings. The highest BCUT2D eigenvalue weighted by atomic mass is 32.2. The first-order valence-corrected chi connectivity index (χ1v) is 17.4. The molecule has 7 rings (SSSR count). The largest absolute Gasteiger partial charge is 0.489 e. The smallest absolute Gasteiger partial charge is 0.272 e. The number of amides is 2. The fourth-order valence-corrected chi connectivity index (χ4v) is 6.49. The first-order chi connectivity index (χ1) is 25.0. The normalized spacial score (nSPS) is 11.3. The van der Waals surface area contributed by atoms with Crippen LogP contribution in [0, 0.1) is 0 Å². The molecule has 6 aromatic carbocycles. The van der Waals surface area contributed by atoms with Gasteiger partial charge in [-0.05, 0) is 77.9 Å². The summed E-state index contributed by atoms with van der Waals surface area (Å²) in [4.78, 5) is 41.0. The summed E-state index contributed by atoms with van der Waals surface area (Å²) in [5.74, 6) is 0.0210. The second kappa shape index (κ2) is 15.4. The van der Waals surface area contributed by atoms with E-state index >= 15 is 0 Å². The Kier molecular flexibility index (Phi) is 10.0. The number of carbonyl (C=O) groups excluding carboxylic acids is 3. The fourth-order valence-electron chi connectivity index (χ4n) is 5.74. The van der Waals surface area contributed by atoms with Gasteiger partial charge in [0.25, 0.3) is 11.8 Å². The van der Waals surface area contributed by atoms with E-state index in [1.54, 1.807) is 47.0 Å². The van der Waals surface area contributed by atoms with Gasteiger partial charge in [0.15, 0.2) is 0 Å². The van der Waals surface area contributed by atoms with Crippen molar-refractivity contribution in [3.8, 4) is 5.75 Å². The number of ether oxygens (including phenoxy) is 1. The van der Waals surface area contributed by atoms with Crippen molar-refractivity contribution in [2.75, 3.05) is 11.1 Å². The molecule has 2 N–H and O–H groups in total. The van der Waals surface area contributed by atoms with E-state index in [1.807, 2.05) is 121 Å². The molecule has 0 saturated heterocycles. The number of anilines is 1. The molecule has 1 heterocycles. The number of para-hydroxylation sites is 2. The number of hydrogen-bond acceptors (Lipinski definition) is 5. The maximum absolute atomic E-state index is 13.6. The van der Waals surface area contributed by atoms with Crippen LogP contribution in [0.3, 0.4) is 0 Å². The Balaban J connectivity index is 1.03. The van der Waals surface area contributed by atoms with Gasteiger partial charge in [-0.2, -0.15) is 0 Å². The SMILES string of the molecule is O=C(Nc1ccc(SCC(=O)n2c3ccccc3c3ccccc32)cc1)/C(=C/c1ccc(OCc2ccccc2)cc1)NC(=O)c1ccccc1. The van der Waals surface area contributed by atoms with E-state index in [0.29, 0.717) is 29.2 Å². The van der Waals surface area contributed by atoms with Gasteiger partial charge in [0.2, 0.25) is 5.91 Å². The quantitative estimate of drug-likeness (QED) is 0.105. The van der Waals surface area contributed by atoms with E-state index in [0.717, 1.165) is 32.3 Å². The molecule has 0 saturated carbocycles. The number of nitrogens with zero attached hydrogens (tertiary/aromatic N) is 1. The summed E-state index contributed by atoms with van der Waals surface area (Å²) in [6.45, 7) is 0.436. The van der Waals surface area contributed by atoms with Crippen LogP contribution in [-0.4, -0.2) is 28.0 Å². The highest BCUT2D eigenvalue weighted by molar-refractivity contribution is 8.00. The van der Waals surface area contributed by atoms with E-state index in [-0.39, 0.29) is 17.4 Å². The third-order valence-electron chi connectivity index (χ3n) is 8.27. The first kappa shape index (κ1) is 33.1. The summed E-state index contributed by atoms with van der Waals surface area (Å²) in [5.41, 5.74) is 4.59. The molecule has 250 valence electrons. The summed E-state index contributed by atoms with van der Waals surface area (Å²) in [6, 6.07) is 49.1. The van der Waals surface area contributed by atoms with Crippen LogP contribution in [-0.2, 0) is 11.4 Å². The second-order valence-corrected chi connectivity index (χ2v) is 12.8. The lowest BCUT2D eigenvalue weighted by Crippen LogP contribution is -2.30. The Labute approximate surface area is 299 Å². The molecule has 7 nitrogen and oxygen atoms in total. The summed E-state index contributed by atoms with van der Waals surface area (Å²) < 4.78 is 7.69. The highest BCUT2D eigenvalue weighted by Crippen LogP contribution is 2.30. The van der Waals surface area contributed by atoms with E-state index in [2.05, 4.69) is 10.6 Å². The number of hydrogen-bond donors (Lipinski definition) is 2. The molecule has 0 aliphatic rings. The van der Waals surface area contributed by atoms with Gasteiger partial charge in [0, 0.05) is 26.9 Å². The van der Waals surface area contributed by atoms with Crippen LogP contribution >= 0.6 is 11.8 Å². The van der Waals surface area contributed by atoms with Gasteiger partial charge in [0.05, 0.1) is 16.8 Å². The summed E-state index contributed by atoms with van der Waals surface area (Å²) >= 11 is 1.43. The minimum Gasteiger partial charge on any atom is -0.489 e. The maximum atomic E-state index is 13.6. The lowest BCUT2D eigenvalue weighted by molar-refractivity contribution is -0.113. The fraction of sp³-hybridized carbons (Fsp3) is 0.0465. The number of carbonyl (C=O) groups is 3. The molecular weight excluding hydrogens is 655 g/mol. The third kappa shape index (κ3) is 7.93.